The molecular weight excluding hydrogens is 222 g/mol. The highest BCUT2D eigenvalue weighted by Gasteiger charge is 2.10. The van der Waals surface area contributed by atoms with Crippen LogP contribution in [0.3, 0.4) is 0 Å². The first-order valence-electron chi connectivity index (χ1n) is 6.46. The maximum Gasteiger partial charge on any atom is 0.219 e. The van der Waals surface area contributed by atoms with E-state index in [1.165, 1.54) is 11.1 Å². The van der Waals surface area contributed by atoms with Crippen molar-refractivity contribution in [3.8, 4) is 0 Å². The zero-order valence-corrected chi connectivity index (χ0v) is 11.8. The molecule has 0 bridgehead atoms. The average molecular weight is 245 g/mol. The van der Waals surface area contributed by atoms with Crippen LogP contribution in [0.1, 0.15) is 33.3 Å². The van der Waals surface area contributed by atoms with E-state index in [1.54, 1.807) is 6.92 Å². The van der Waals surface area contributed by atoms with E-state index in [2.05, 4.69) is 39.0 Å². The monoisotopic (exact) mass is 245 g/mol. The standard InChI is InChI=1S/C16H23NO/c1-13(2)11-17(15(4)18)12-14(3)10-16-8-6-5-7-9-16/h5-10,13H,11-12H2,1-4H3. The molecule has 1 rings (SSSR count). The quantitative estimate of drug-likeness (QED) is 0.776. The summed E-state index contributed by atoms with van der Waals surface area (Å²) in [5.74, 6) is 0.642. The van der Waals surface area contributed by atoms with Crippen LogP contribution in [0.2, 0.25) is 0 Å². The van der Waals surface area contributed by atoms with Crippen LogP contribution in [0.5, 0.6) is 0 Å². The molecule has 0 saturated carbocycles. The molecule has 2 nitrogen and oxygen atoms in total. The zero-order valence-electron chi connectivity index (χ0n) is 11.8. The summed E-state index contributed by atoms with van der Waals surface area (Å²) in [5, 5.41) is 0. The number of carbonyl (C=O) groups excluding carboxylic acids is 1. The summed E-state index contributed by atoms with van der Waals surface area (Å²) >= 11 is 0. The predicted octanol–water partition coefficient (Wildman–Crippen LogP) is 3.59. The van der Waals surface area contributed by atoms with Crippen LogP contribution in [0, 0.1) is 5.92 Å². The molecule has 0 fully saturated rings. The van der Waals surface area contributed by atoms with Crippen molar-refractivity contribution in [1.29, 1.82) is 0 Å². The van der Waals surface area contributed by atoms with Gasteiger partial charge >= 0.3 is 0 Å². The summed E-state index contributed by atoms with van der Waals surface area (Å²) in [7, 11) is 0. The number of hydrogen-bond donors (Lipinski definition) is 0. The van der Waals surface area contributed by atoms with Gasteiger partial charge in [0.1, 0.15) is 0 Å². The Labute approximate surface area is 110 Å². The summed E-state index contributed by atoms with van der Waals surface area (Å²) in [5.41, 5.74) is 2.39. The van der Waals surface area contributed by atoms with Crippen molar-refractivity contribution >= 4 is 12.0 Å². The van der Waals surface area contributed by atoms with Crippen LogP contribution in [0.25, 0.3) is 6.08 Å². The minimum atomic E-state index is 0.143. The highest BCUT2D eigenvalue weighted by molar-refractivity contribution is 5.73. The average Bonchev–Trinajstić information content (AvgIpc) is 2.28. The van der Waals surface area contributed by atoms with Crippen molar-refractivity contribution in [3.05, 3.63) is 41.5 Å². The second-order valence-electron chi connectivity index (χ2n) is 5.19. The van der Waals surface area contributed by atoms with Crippen molar-refractivity contribution in [3.63, 3.8) is 0 Å². The molecule has 0 unspecified atom stereocenters. The number of hydrogen-bond acceptors (Lipinski definition) is 1. The second kappa shape index (κ2) is 7.00. The van der Waals surface area contributed by atoms with E-state index in [9.17, 15) is 4.79 Å². The van der Waals surface area contributed by atoms with Gasteiger partial charge in [-0.3, -0.25) is 4.79 Å². The van der Waals surface area contributed by atoms with Crippen LogP contribution in [0.15, 0.2) is 35.9 Å². The van der Waals surface area contributed by atoms with Crippen LogP contribution in [-0.2, 0) is 4.79 Å². The molecule has 1 aromatic carbocycles. The molecule has 1 aromatic rings. The molecule has 98 valence electrons. The van der Waals surface area contributed by atoms with E-state index >= 15 is 0 Å². The van der Waals surface area contributed by atoms with Gasteiger partial charge in [0.05, 0.1) is 0 Å². The number of rotatable bonds is 5. The molecule has 0 aliphatic heterocycles. The number of nitrogens with zero attached hydrogens (tertiary/aromatic N) is 1. The molecule has 0 aromatic heterocycles. The molecule has 2 heteroatoms. The first-order chi connectivity index (χ1) is 8.49. The largest absolute Gasteiger partial charge is 0.339 e. The Kier molecular flexibility index (Phi) is 5.63. The summed E-state index contributed by atoms with van der Waals surface area (Å²) < 4.78 is 0. The van der Waals surface area contributed by atoms with E-state index in [0.717, 1.165) is 6.54 Å². The fraction of sp³-hybridized carbons (Fsp3) is 0.438. The van der Waals surface area contributed by atoms with Gasteiger partial charge in [-0.25, -0.2) is 0 Å². The Morgan fingerprint density at radius 3 is 2.33 bits per heavy atom. The molecule has 0 heterocycles. The summed E-state index contributed by atoms with van der Waals surface area (Å²) in [6, 6.07) is 10.2. The fourth-order valence-corrected chi connectivity index (χ4v) is 1.93. The van der Waals surface area contributed by atoms with Crippen LogP contribution >= 0.6 is 0 Å². The topological polar surface area (TPSA) is 20.3 Å². The van der Waals surface area contributed by atoms with E-state index in [-0.39, 0.29) is 5.91 Å². The van der Waals surface area contributed by atoms with Gasteiger partial charge < -0.3 is 4.90 Å². The lowest BCUT2D eigenvalue weighted by Gasteiger charge is -2.23. The van der Waals surface area contributed by atoms with E-state index < -0.39 is 0 Å². The number of carbonyl (C=O) groups is 1. The van der Waals surface area contributed by atoms with Gasteiger partial charge in [0.2, 0.25) is 5.91 Å². The van der Waals surface area contributed by atoms with Gasteiger partial charge in [0.15, 0.2) is 0 Å². The fourth-order valence-electron chi connectivity index (χ4n) is 1.93. The third-order valence-corrected chi connectivity index (χ3v) is 2.68. The van der Waals surface area contributed by atoms with Gasteiger partial charge in [-0.1, -0.05) is 55.8 Å². The van der Waals surface area contributed by atoms with Gasteiger partial charge in [-0.05, 0) is 18.4 Å². The SMILES string of the molecule is CC(=O)N(CC(C)=Cc1ccccc1)CC(C)C. The maximum absolute atomic E-state index is 11.6. The van der Waals surface area contributed by atoms with Crippen molar-refractivity contribution in [1.82, 2.24) is 4.90 Å². The number of amides is 1. The smallest absolute Gasteiger partial charge is 0.219 e. The molecule has 0 atom stereocenters. The molecule has 0 aliphatic rings. The zero-order chi connectivity index (χ0) is 13.5. The van der Waals surface area contributed by atoms with Gasteiger partial charge in [-0.2, -0.15) is 0 Å². The van der Waals surface area contributed by atoms with Crippen molar-refractivity contribution in [2.75, 3.05) is 13.1 Å². The Bertz CT molecular complexity index is 406. The summed E-state index contributed by atoms with van der Waals surface area (Å²) in [6.45, 7) is 9.50. The minimum absolute atomic E-state index is 0.143. The molecule has 18 heavy (non-hydrogen) atoms. The molecule has 0 spiro atoms. The minimum Gasteiger partial charge on any atom is -0.339 e. The first-order valence-corrected chi connectivity index (χ1v) is 6.46. The lowest BCUT2D eigenvalue weighted by Crippen LogP contribution is -2.33. The molecule has 0 radical (unpaired) electrons. The van der Waals surface area contributed by atoms with E-state index in [0.29, 0.717) is 12.5 Å². The van der Waals surface area contributed by atoms with Crippen molar-refractivity contribution in [2.45, 2.75) is 27.7 Å². The Hall–Kier alpha value is -1.57. The highest BCUT2D eigenvalue weighted by atomic mass is 16.2. The van der Waals surface area contributed by atoms with Crippen LogP contribution in [0.4, 0.5) is 0 Å². The summed E-state index contributed by atoms with van der Waals surface area (Å²) in [4.78, 5) is 13.5. The second-order valence-corrected chi connectivity index (χ2v) is 5.19. The highest BCUT2D eigenvalue weighted by Crippen LogP contribution is 2.09. The molecule has 0 N–H and O–H groups in total. The lowest BCUT2D eigenvalue weighted by atomic mass is 10.1. The first kappa shape index (κ1) is 14.5. The van der Waals surface area contributed by atoms with Crippen LogP contribution < -0.4 is 0 Å². The normalized spacial score (nSPS) is 11.7. The van der Waals surface area contributed by atoms with E-state index in [4.69, 9.17) is 0 Å². The molecule has 1 amide bonds. The summed E-state index contributed by atoms with van der Waals surface area (Å²) in [6.07, 6.45) is 2.14. The van der Waals surface area contributed by atoms with Gasteiger partial charge in [-0.15, -0.1) is 0 Å². The Balaban J connectivity index is 2.69. The van der Waals surface area contributed by atoms with E-state index in [1.807, 2.05) is 23.1 Å². The Morgan fingerprint density at radius 2 is 1.83 bits per heavy atom. The van der Waals surface area contributed by atoms with Crippen LogP contribution in [-0.4, -0.2) is 23.9 Å². The molecule has 0 aliphatic carbocycles. The van der Waals surface area contributed by atoms with Crippen molar-refractivity contribution < 1.29 is 4.79 Å². The van der Waals surface area contributed by atoms with Gasteiger partial charge in [0.25, 0.3) is 0 Å². The van der Waals surface area contributed by atoms with Crippen molar-refractivity contribution in [2.24, 2.45) is 5.92 Å². The Morgan fingerprint density at radius 1 is 1.22 bits per heavy atom. The third kappa shape index (κ3) is 5.17. The van der Waals surface area contributed by atoms with Gasteiger partial charge in [0, 0.05) is 20.0 Å². The molecular formula is C16H23NO. The lowest BCUT2D eigenvalue weighted by molar-refractivity contribution is -0.128. The predicted molar refractivity (Wildman–Crippen MR) is 77.2 cm³/mol. The maximum atomic E-state index is 11.6. The molecule has 0 saturated heterocycles. The third-order valence-electron chi connectivity index (χ3n) is 2.68. The number of benzene rings is 1.